The van der Waals surface area contributed by atoms with Crippen molar-refractivity contribution in [3.05, 3.63) is 52.5 Å². The van der Waals surface area contributed by atoms with E-state index in [1.54, 1.807) is 14.2 Å². The molecule has 0 saturated heterocycles. The van der Waals surface area contributed by atoms with Gasteiger partial charge in [0.25, 0.3) is 0 Å². The van der Waals surface area contributed by atoms with Crippen LogP contribution in [0.1, 0.15) is 5.56 Å². The largest absolute Gasteiger partial charge is 0.497 e. The Morgan fingerprint density at radius 3 is 2.43 bits per heavy atom. The molecule has 0 amide bonds. The van der Waals surface area contributed by atoms with Crippen LogP contribution in [0.15, 0.2) is 51.9 Å². The molecule has 2 aromatic rings. The Bertz CT molecular complexity index is 663. The summed E-state index contributed by atoms with van der Waals surface area (Å²) in [7, 11) is 3.26. The third-order valence-electron chi connectivity index (χ3n) is 3.02. The molecule has 2 rings (SSSR count). The highest BCUT2D eigenvalue weighted by Gasteiger charge is 2.03. The number of nitrogens with two attached hydrogens (primary N) is 1. The summed E-state index contributed by atoms with van der Waals surface area (Å²) in [6, 6.07) is 13.2. The molecule has 124 valence electrons. The lowest BCUT2D eigenvalue weighted by atomic mass is 10.2. The van der Waals surface area contributed by atoms with Crippen LogP contribution in [0.25, 0.3) is 0 Å². The van der Waals surface area contributed by atoms with E-state index in [4.69, 9.17) is 15.2 Å². The lowest BCUT2D eigenvalue weighted by molar-refractivity contribution is 0.410. The number of rotatable bonds is 5. The van der Waals surface area contributed by atoms with E-state index < -0.39 is 0 Å². The van der Waals surface area contributed by atoms with Crippen molar-refractivity contribution in [2.45, 2.75) is 6.54 Å². The lowest BCUT2D eigenvalue weighted by Gasteiger charge is -2.09. The third kappa shape index (κ3) is 5.91. The van der Waals surface area contributed by atoms with Gasteiger partial charge in [0.1, 0.15) is 11.5 Å². The fourth-order valence-corrected chi connectivity index (χ4v) is 2.31. The van der Waals surface area contributed by atoms with Crippen LogP contribution in [0.5, 0.6) is 11.5 Å². The summed E-state index contributed by atoms with van der Waals surface area (Å²) in [6.07, 6.45) is 0. The molecule has 2 aromatic carbocycles. The average molecular weight is 492 g/mol. The molecule has 3 N–H and O–H groups in total. The molecule has 0 saturated carbocycles. The van der Waals surface area contributed by atoms with E-state index in [-0.39, 0.29) is 24.0 Å². The second-order valence-electron chi connectivity index (χ2n) is 4.51. The molecule has 7 heteroatoms. The van der Waals surface area contributed by atoms with E-state index in [9.17, 15) is 0 Å². The summed E-state index contributed by atoms with van der Waals surface area (Å²) in [4.78, 5) is 4.33. The van der Waals surface area contributed by atoms with Gasteiger partial charge in [-0.2, -0.15) is 0 Å². The van der Waals surface area contributed by atoms with Gasteiger partial charge in [-0.25, -0.2) is 4.99 Å². The summed E-state index contributed by atoms with van der Waals surface area (Å²) in [6.45, 7) is 0.428. The van der Waals surface area contributed by atoms with Crippen LogP contribution < -0.4 is 20.5 Å². The second kappa shape index (κ2) is 9.61. The second-order valence-corrected chi connectivity index (χ2v) is 5.43. The maximum absolute atomic E-state index is 5.91. The van der Waals surface area contributed by atoms with Crippen molar-refractivity contribution in [3.63, 3.8) is 0 Å². The summed E-state index contributed by atoms with van der Waals surface area (Å²) in [5.41, 5.74) is 7.71. The van der Waals surface area contributed by atoms with Gasteiger partial charge in [-0.3, -0.25) is 0 Å². The molecule has 0 aliphatic heterocycles. The molecular weight excluding hydrogens is 473 g/mol. The van der Waals surface area contributed by atoms with Crippen molar-refractivity contribution in [1.29, 1.82) is 0 Å². The number of halogens is 2. The summed E-state index contributed by atoms with van der Waals surface area (Å²) < 4.78 is 11.4. The van der Waals surface area contributed by atoms with Crippen molar-refractivity contribution >= 4 is 51.6 Å². The Kier molecular flexibility index (Phi) is 8.18. The van der Waals surface area contributed by atoms with Crippen molar-refractivity contribution in [1.82, 2.24) is 0 Å². The quantitative estimate of drug-likeness (QED) is 0.376. The molecule has 0 atom stereocenters. The average Bonchev–Trinajstić information content (AvgIpc) is 2.54. The Labute approximate surface area is 161 Å². The number of anilines is 1. The minimum absolute atomic E-state index is 0. The zero-order valence-electron chi connectivity index (χ0n) is 12.9. The summed E-state index contributed by atoms with van der Waals surface area (Å²) >= 11 is 3.44. The summed E-state index contributed by atoms with van der Waals surface area (Å²) in [5.74, 6) is 1.91. The minimum atomic E-state index is 0. The molecule has 0 aliphatic carbocycles. The van der Waals surface area contributed by atoms with Crippen LogP contribution in [0.3, 0.4) is 0 Å². The number of hydrogen-bond donors (Lipinski definition) is 2. The minimum Gasteiger partial charge on any atom is -0.497 e. The molecule has 0 unspecified atom stereocenters. The maximum atomic E-state index is 5.91. The molecule has 5 nitrogen and oxygen atoms in total. The van der Waals surface area contributed by atoms with E-state index >= 15 is 0 Å². The normalized spacial score (nSPS) is 10.7. The van der Waals surface area contributed by atoms with E-state index in [0.29, 0.717) is 12.5 Å². The lowest BCUT2D eigenvalue weighted by Crippen LogP contribution is -2.22. The number of aliphatic imine (C=N–C) groups is 1. The number of methoxy groups -OCH3 is 2. The molecule has 0 radical (unpaired) electrons. The van der Waals surface area contributed by atoms with Crippen LogP contribution in [-0.2, 0) is 6.54 Å². The number of nitrogens with zero attached hydrogens (tertiary/aromatic N) is 1. The van der Waals surface area contributed by atoms with Gasteiger partial charge in [-0.15, -0.1) is 24.0 Å². The topological polar surface area (TPSA) is 68.9 Å². The predicted octanol–water partition coefficient (Wildman–Crippen LogP) is 4.01. The molecule has 0 spiro atoms. The smallest absolute Gasteiger partial charge is 0.193 e. The third-order valence-corrected chi connectivity index (χ3v) is 3.52. The Hall–Kier alpha value is -1.48. The zero-order valence-corrected chi connectivity index (χ0v) is 16.8. The highest BCUT2D eigenvalue weighted by molar-refractivity contribution is 14.0. The number of benzene rings is 2. The Morgan fingerprint density at radius 2 is 1.83 bits per heavy atom. The van der Waals surface area contributed by atoms with Gasteiger partial charge >= 0.3 is 0 Å². The first-order chi connectivity index (χ1) is 10.6. The number of nitrogens with one attached hydrogen (secondary N) is 1. The van der Waals surface area contributed by atoms with Gasteiger partial charge < -0.3 is 20.5 Å². The van der Waals surface area contributed by atoms with Crippen molar-refractivity contribution in [2.24, 2.45) is 10.7 Å². The van der Waals surface area contributed by atoms with Crippen molar-refractivity contribution in [2.75, 3.05) is 19.5 Å². The fraction of sp³-hybridized carbons (Fsp3) is 0.188. The first kappa shape index (κ1) is 19.6. The van der Waals surface area contributed by atoms with E-state index in [1.165, 1.54) is 0 Å². The monoisotopic (exact) mass is 491 g/mol. The molecular formula is C16H19BrIN3O2. The van der Waals surface area contributed by atoms with Gasteiger partial charge in [0, 0.05) is 15.7 Å². The van der Waals surface area contributed by atoms with Crippen LogP contribution in [0.2, 0.25) is 0 Å². The zero-order chi connectivity index (χ0) is 15.9. The van der Waals surface area contributed by atoms with Crippen LogP contribution in [0.4, 0.5) is 5.69 Å². The first-order valence-electron chi connectivity index (χ1n) is 6.66. The van der Waals surface area contributed by atoms with Crippen LogP contribution in [-0.4, -0.2) is 20.2 Å². The van der Waals surface area contributed by atoms with Gasteiger partial charge in [0.2, 0.25) is 0 Å². The Morgan fingerprint density at radius 1 is 1.13 bits per heavy atom. The molecule has 0 aliphatic rings. The maximum Gasteiger partial charge on any atom is 0.193 e. The van der Waals surface area contributed by atoms with Gasteiger partial charge in [-0.05, 0) is 42.5 Å². The van der Waals surface area contributed by atoms with Gasteiger partial charge in [0.15, 0.2) is 5.96 Å². The highest BCUT2D eigenvalue weighted by Crippen LogP contribution is 2.23. The molecule has 0 fully saturated rings. The van der Waals surface area contributed by atoms with Gasteiger partial charge in [0.05, 0.1) is 20.8 Å². The fourth-order valence-electron chi connectivity index (χ4n) is 1.90. The first-order valence-corrected chi connectivity index (χ1v) is 7.45. The number of ether oxygens (including phenoxy) is 2. The predicted molar refractivity (Wildman–Crippen MR) is 108 cm³/mol. The standard InChI is InChI=1S/C16H18BrN3O2.HI/c1-21-14-6-4-13(5-7-14)20-16(18)19-10-11-9-12(17)3-8-15(11)22-2;/h3-9H,10H2,1-2H3,(H3,18,19,20);1H. The van der Waals surface area contributed by atoms with Crippen molar-refractivity contribution < 1.29 is 9.47 Å². The SMILES string of the molecule is COc1ccc(NC(N)=NCc2cc(Br)ccc2OC)cc1.I. The molecule has 0 bridgehead atoms. The van der Waals surface area contributed by atoms with E-state index in [0.717, 1.165) is 27.2 Å². The van der Waals surface area contributed by atoms with Gasteiger partial charge in [-0.1, -0.05) is 15.9 Å². The number of guanidine groups is 1. The van der Waals surface area contributed by atoms with Crippen LogP contribution >= 0.6 is 39.9 Å². The molecule has 0 aromatic heterocycles. The Balaban J connectivity index is 0.00000264. The van der Waals surface area contributed by atoms with Crippen molar-refractivity contribution in [3.8, 4) is 11.5 Å². The molecule has 0 heterocycles. The number of hydrogen-bond acceptors (Lipinski definition) is 3. The molecule has 23 heavy (non-hydrogen) atoms. The summed E-state index contributed by atoms with van der Waals surface area (Å²) in [5, 5.41) is 3.04. The highest BCUT2D eigenvalue weighted by atomic mass is 127. The van der Waals surface area contributed by atoms with Crippen LogP contribution in [0, 0.1) is 0 Å². The van der Waals surface area contributed by atoms with E-state index in [1.807, 2.05) is 42.5 Å². The van der Waals surface area contributed by atoms with E-state index in [2.05, 4.69) is 26.2 Å².